The van der Waals surface area contributed by atoms with Gasteiger partial charge in [-0.1, -0.05) is 24.3 Å². The number of hydrogen-bond donors (Lipinski definition) is 2. The van der Waals surface area contributed by atoms with Crippen molar-refractivity contribution >= 4 is 11.8 Å². The van der Waals surface area contributed by atoms with Crippen LogP contribution in [0.15, 0.2) is 42.6 Å². The van der Waals surface area contributed by atoms with Gasteiger partial charge in [0.25, 0.3) is 0 Å². The topological polar surface area (TPSA) is 77.8 Å². The SMILES string of the molecule is N#Cc1ccc(NC(=O)NC2[C@@H]3CCc4ccccc4[C@@H]23)nc1. The molecule has 5 nitrogen and oxygen atoms in total. The normalized spacial score (nSPS) is 23.9. The van der Waals surface area contributed by atoms with Crippen molar-refractivity contribution in [2.45, 2.75) is 24.8 Å². The minimum atomic E-state index is -0.237. The first-order valence-corrected chi connectivity index (χ1v) is 7.78. The Bertz CT molecular complexity index is 793. The smallest absolute Gasteiger partial charge is 0.320 e. The molecule has 2 N–H and O–H groups in total. The minimum Gasteiger partial charge on any atom is -0.334 e. The van der Waals surface area contributed by atoms with Gasteiger partial charge in [-0.3, -0.25) is 5.32 Å². The van der Waals surface area contributed by atoms with E-state index in [2.05, 4.69) is 39.9 Å². The van der Waals surface area contributed by atoms with Crippen LogP contribution >= 0.6 is 0 Å². The number of amides is 2. The summed E-state index contributed by atoms with van der Waals surface area (Å²) >= 11 is 0. The fraction of sp³-hybridized carbons (Fsp3) is 0.278. The number of carbonyl (C=O) groups excluding carboxylic acids is 1. The number of rotatable bonds is 2. The fourth-order valence-electron chi connectivity index (χ4n) is 3.60. The van der Waals surface area contributed by atoms with E-state index in [4.69, 9.17) is 5.26 Å². The van der Waals surface area contributed by atoms with E-state index in [1.807, 2.05) is 6.07 Å². The van der Waals surface area contributed by atoms with Gasteiger partial charge in [0.05, 0.1) is 5.56 Å². The molecular formula is C18H16N4O. The van der Waals surface area contributed by atoms with Crippen LogP contribution in [0.2, 0.25) is 0 Å². The van der Waals surface area contributed by atoms with Crippen LogP contribution < -0.4 is 10.6 Å². The van der Waals surface area contributed by atoms with Crippen molar-refractivity contribution in [3.63, 3.8) is 0 Å². The van der Waals surface area contributed by atoms with Crippen molar-refractivity contribution < 1.29 is 4.79 Å². The molecule has 0 saturated heterocycles. The number of nitriles is 1. The molecule has 1 saturated carbocycles. The molecule has 23 heavy (non-hydrogen) atoms. The first kappa shape index (κ1) is 13.8. The zero-order chi connectivity index (χ0) is 15.8. The number of pyridine rings is 1. The van der Waals surface area contributed by atoms with Gasteiger partial charge in [-0.15, -0.1) is 0 Å². The standard InChI is InChI=1S/C18H16N4O/c19-9-11-5-8-15(20-10-11)21-18(23)22-17-14-7-6-12-3-1-2-4-13(12)16(14)17/h1-5,8,10,14,16-17H,6-7H2,(H2,20,21,22,23)/t14-,16-,17?/m1/s1. The average Bonchev–Trinajstić information content (AvgIpc) is 3.29. The second-order valence-corrected chi connectivity index (χ2v) is 6.10. The number of hydrogen-bond acceptors (Lipinski definition) is 3. The molecule has 5 heteroatoms. The zero-order valence-corrected chi connectivity index (χ0v) is 12.5. The summed E-state index contributed by atoms with van der Waals surface area (Å²) in [5, 5.41) is 14.5. The molecule has 0 bridgehead atoms. The number of aromatic nitrogens is 1. The maximum Gasteiger partial charge on any atom is 0.320 e. The number of anilines is 1. The third-order valence-corrected chi connectivity index (χ3v) is 4.76. The van der Waals surface area contributed by atoms with E-state index in [-0.39, 0.29) is 12.1 Å². The molecule has 1 aromatic carbocycles. The van der Waals surface area contributed by atoms with Gasteiger partial charge in [0.1, 0.15) is 11.9 Å². The van der Waals surface area contributed by atoms with Gasteiger partial charge >= 0.3 is 6.03 Å². The molecule has 3 atom stereocenters. The summed E-state index contributed by atoms with van der Waals surface area (Å²) in [6, 6.07) is 13.7. The number of benzene rings is 1. The van der Waals surface area contributed by atoms with E-state index in [0.717, 1.165) is 12.8 Å². The fourth-order valence-corrected chi connectivity index (χ4v) is 3.60. The predicted octanol–water partition coefficient (Wildman–Crippen LogP) is 2.80. The molecule has 1 heterocycles. The molecule has 2 aliphatic carbocycles. The predicted molar refractivity (Wildman–Crippen MR) is 85.9 cm³/mol. The number of nitrogens with one attached hydrogen (secondary N) is 2. The summed E-state index contributed by atoms with van der Waals surface area (Å²) in [4.78, 5) is 16.2. The maximum atomic E-state index is 12.1. The Morgan fingerprint density at radius 1 is 1.26 bits per heavy atom. The summed E-state index contributed by atoms with van der Waals surface area (Å²) in [5.41, 5.74) is 3.26. The van der Waals surface area contributed by atoms with Gasteiger partial charge in [-0.25, -0.2) is 9.78 Å². The molecule has 114 valence electrons. The van der Waals surface area contributed by atoms with Gasteiger partial charge in [-0.05, 0) is 42.0 Å². The Balaban J connectivity index is 1.40. The second kappa shape index (κ2) is 5.40. The summed E-state index contributed by atoms with van der Waals surface area (Å²) < 4.78 is 0. The first-order chi connectivity index (χ1) is 11.3. The number of urea groups is 1. The Labute approximate surface area is 134 Å². The lowest BCUT2D eigenvalue weighted by atomic mass is 9.92. The zero-order valence-electron chi connectivity index (χ0n) is 12.5. The maximum absolute atomic E-state index is 12.1. The van der Waals surface area contributed by atoms with Gasteiger partial charge in [0.15, 0.2) is 0 Å². The molecule has 2 aromatic rings. The molecule has 0 aliphatic heterocycles. The number of fused-ring (bicyclic) bond motifs is 3. The monoisotopic (exact) mass is 304 g/mol. The van der Waals surface area contributed by atoms with Gasteiger partial charge in [-0.2, -0.15) is 5.26 Å². The summed E-state index contributed by atoms with van der Waals surface area (Å²) in [6.07, 6.45) is 3.67. The largest absolute Gasteiger partial charge is 0.334 e. The van der Waals surface area contributed by atoms with Gasteiger partial charge in [0.2, 0.25) is 0 Å². The van der Waals surface area contributed by atoms with Crippen molar-refractivity contribution in [3.8, 4) is 6.07 Å². The minimum absolute atomic E-state index is 0.206. The molecule has 2 aliphatic rings. The van der Waals surface area contributed by atoms with Crippen LogP contribution in [0.1, 0.15) is 29.0 Å². The molecule has 4 rings (SSSR count). The van der Waals surface area contributed by atoms with Crippen LogP contribution in [0.4, 0.5) is 10.6 Å². The lowest BCUT2D eigenvalue weighted by molar-refractivity contribution is 0.251. The Morgan fingerprint density at radius 3 is 2.91 bits per heavy atom. The van der Waals surface area contributed by atoms with E-state index < -0.39 is 0 Å². The van der Waals surface area contributed by atoms with Crippen LogP contribution in [0.25, 0.3) is 0 Å². The van der Waals surface area contributed by atoms with Crippen molar-refractivity contribution in [2.75, 3.05) is 5.32 Å². The molecule has 1 unspecified atom stereocenters. The van der Waals surface area contributed by atoms with Gasteiger partial charge in [0, 0.05) is 18.2 Å². The van der Waals surface area contributed by atoms with Crippen LogP contribution in [0.3, 0.4) is 0 Å². The summed E-state index contributed by atoms with van der Waals surface area (Å²) in [5.74, 6) is 1.44. The lowest BCUT2D eigenvalue weighted by Crippen LogP contribution is -2.32. The Kier molecular flexibility index (Phi) is 3.23. The molecule has 0 spiro atoms. The van der Waals surface area contributed by atoms with E-state index >= 15 is 0 Å². The average molecular weight is 304 g/mol. The molecule has 2 amide bonds. The highest BCUT2D eigenvalue weighted by Gasteiger charge is 2.53. The van der Waals surface area contributed by atoms with E-state index in [0.29, 0.717) is 23.2 Å². The second-order valence-electron chi connectivity index (χ2n) is 6.10. The highest BCUT2D eigenvalue weighted by molar-refractivity contribution is 5.88. The molecule has 1 fully saturated rings. The quantitative estimate of drug-likeness (QED) is 0.895. The number of aryl methyl sites for hydroxylation is 1. The van der Waals surface area contributed by atoms with Crippen LogP contribution in [-0.4, -0.2) is 17.1 Å². The number of nitrogens with zero attached hydrogens (tertiary/aromatic N) is 2. The third kappa shape index (κ3) is 2.53. The Morgan fingerprint density at radius 2 is 2.13 bits per heavy atom. The van der Waals surface area contributed by atoms with Gasteiger partial charge < -0.3 is 5.32 Å². The lowest BCUT2D eigenvalue weighted by Gasteiger charge is -2.13. The molecule has 1 aromatic heterocycles. The Hall–Kier alpha value is -2.87. The number of carbonyl (C=O) groups is 1. The molecule has 0 radical (unpaired) electrons. The summed E-state index contributed by atoms with van der Waals surface area (Å²) in [7, 11) is 0. The van der Waals surface area contributed by atoms with E-state index in [9.17, 15) is 4.79 Å². The third-order valence-electron chi connectivity index (χ3n) is 4.76. The van der Waals surface area contributed by atoms with E-state index in [1.54, 1.807) is 12.1 Å². The molecular weight excluding hydrogens is 288 g/mol. The summed E-state index contributed by atoms with van der Waals surface area (Å²) in [6.45, 7) is 0. The first-order valence-electron chi connectivity index (χ1n) is 7.78. The van der Waals surface area contributed by atoms with Crippen molar-refractivity contribution in [3.05, 3.63) is 59.3 Å². The highest BCUT2D eigenvalue weighted by Crippen LogP contribution is 2.54. The van der Waals surface area contributed by atoms with Crippen LogP contribution in [-0.2, 0) is 6.42 Å². The van der Waals surface area contributed by atoms with Crippen molar-refractivity contribution in [2.24, 2.45) is 5.92 Å². The van der Waals surface area contributed by atoms with Crippen LogP contribution in [0.5, 0.6) is 0 Å². The van der Waals surface area contributed by atoms with Crippen LogP contribution in [0, 0.1) is 17.2 Å². The highest BCUT2D eigenvalue weighted by atomic mass is 16.2. The van der Waals surface area contributed by atoms with Crippen molar-refractivity contribution in [1.29, 1.82) is 5.26 Å². The van der Waals surface area contributed by atoms with E-state index in [1.165, 1.54) is 17.3 Å². The van der Waals surface area contributed by atoms with Crippen molar-refractivity contribution in [1.82, 2.24) is 10.3 Å².